The average molecular weight is 405 g/mol. The molecule has 8 nitrogen and oxygen atoms in total. The van der Waals surface area contributed by atoms with Crippen molar-refractivity contribution in [3.63, 3.8) is 0 Å². The van der Waals surface area contributed by atoms with Crippen molar-refractivity contribution in [3.8, 4) is 6.07 Å². The topological polar surface area (TPSA) is 110 Å². The van der Waals surface area contributed by atoms with E-state index in [1.807, 2.05) is 6.07 Å². The zero-order valence-electron chi connectivity index (χ0n) is 16.3. The van der Waals surface area contributed by atoms with Gasteiger partial charge >= 0.3 is 11.9 Å². The number of benzene rings is 2. The lowest BCUT2D eigenvalue weighted by molar-refractivity contribution is -0.147. The Balaban J connectivity index is 1.59. The van der Waals surface area contributed by atoms with Crippen molar-refractivity contribution in [2.75, 3.05) is 19.0 Å². The average Bonchev–Trinajstić information content (AvgIpc) is 3.12. The minimum atomic E-state index is -0.619. The van der Waals surface area contributed by atoms with Crippen LogP contribution in [0, 0.1) is 11.3 Å². The van der Waals surface area contributed by atoms with Gasteiger partial charge in [0.1, 0.15) is 6.54 Å². The Kier molecular flexibility index (Phi) is 6.45. The number of ether oxygens (including phenoxy) is 2. The molecule has 1 heterocycles. The summed E-state index contributed by atoms with van der Waals surface area (Å²) in [4.78, 5) is 36.2. The highest BCUT2D eigenvalue weighted by molar-refractivity contribution is 6.04. The number of fused-ring (bicyclic) bond motifs is 1. The van der Waals surface area contributed by atoms with Gasteiger partial charge in [0.2, 0.25) is 0 Å². The number of anilines is 1. The Bertz CT molecular complexity index is 1130. The SMILES string of the molecule is COC(=O)c1cn(CC(=O)OCC(=O)Nc2ccc(CC#N)cc2)c2ccccc12. The molecule has 0 fully saturated rings. The van der Waals surface area contributed by atoms with Crippen molar-refractivity contribution in [1.82, 2.24) is 4.57 Å². The van der Waals surface area contributed by atoms with Crippen molar-refractivity contribution < 1.29 is 23.9 Å². The number of nitrogens with one attached hydrogen (secondary N) is 1. The number of aromatic nitrogens is 1. The maximum atomic E-state index is 12.2. The van der Waals surface area contributed by atoms with Crippen LogP contribution in [0.2, 0.25) is 0 Å². The predicted molar refractivity (Wildman–Crippen MR) is 109 cm³/mol. The van der Waals surface area contributed by atoms with Crippen molar-refractivity contribution in [1.29, 1.82) is 5.26 Å². The zero-order valence-corrected chi connectivity index (χ0v) is 16.3. The van der Waals surface area contributed by atoms with E-state index in [0.29, 0.717) is 22.2 Å². The highest BCUT2D eigenvalue weighted by Crippen LogP contribution is 2.22. The van der Waals surface area contributed by atoms with E-state index in [4.69, 9.17) is 14.7 Å². The molecule has 0 saturated carbocycles. The van der Waals surface area contributed by atoms with E-state index >= 15 is 0 Å². The fraction of sp³-hybridized carbons (Fsp3) is 0.182. The number of esters is 2. The van der Waals surface area contributed by atoms with E-state index in [0.717, 1.165) is 5.56 Å². The second kappa shape index (κ2) is 9.39. The van der Waals surface area contributed by atoms with Gasteiger partial charge in [-0.05, 0) is 23.8 Å². The van der Waals surface area contributed by atoms with Gasteiger partial charge in [-0.25, -0.2) is 4.79 Å². The molecule has 8 heteroatoms. The molecule has 1 aromatic heterocycles. The van der Waals surface area contributed by atoms with E-state index in [1.165, 1.54) is 13.3 Å². The highest BCUT2D eigenvalue weighted by Gasteiger charge is 2.17. The molecule has 2 aromatic carbocycles. The molecule has 30 heavy (non-hydrogen) atoms. The molecule has 0 aliphatic carbocycles. The summed E-state index contributed by atoms with van der Waals surface area (Å²) in [6, 6.07) is 16.0. The van der Waals surface area contributed by atoms with Crippen LogP contribution in [-0.2, 0) is 32.0 Å². The molecule has 0 spiro atoms. The molecule has 0 aliphatic heterocycles. The first-order valence-electron chi connectivity index (χ1n) is 9.09. The smallest absolute Gasteiger partial charge is 0.340 e. The summed E-state index contributed by atoms with van der Waals surface area (Å²) in [7, 11) is 1.29. The van der Waals surface area contributed by atoms with Crippen LogP contribution >= 0.6 is 0 Å². The van der Waals surface area contributed by atoms with Gasteiger partial charge in [0.05, 0.1) is 25.2 Å². The lowest BCUT2D eigenvalue weighted by atomic mass is 10.1. The summed E-state index contributed by atoms with van der Waals surface area (Å²) < 4.78 is 11.4. The maximum absolute atomic E-state index is 12.2. The molecule has 0 aliphatic rings. The summed E-state index contributed by atoms with van der Waals surface area (Å²) in [6.45, 7) is -0.602. The van der Waals surface area contributed by atoms with Crippen LogP contribution in [0.4, 0.5) is 5.69 Å². The summed E-state index contributed by atoms with van der Waals surface area (Å²) in [5, 5.41) is 12.0. The quantitative estimate of drug-likeness (QED) is 0.605. The third-order valence-corrected chi connectivity index (χ3v) is 4.38. The van der Waals surface area contributed by atoms with Gasteiger partial charge in [0.15, 0.2) is 6.61 Å². The molecule has 1 N–H and O–H groups in total. The molecule has 0 radical (unpaired) electrons. The lowest BCUT2D eigenvalue weighted by Gasteiger charge is -2.08. The number of para-hydroxylation sites is 1. The molecule has 0 bridgehead atoms. The molecule has 152 valence electrons. The molecule has 0 saturated heterocycles. The Morgan fingerprint density at radius 2 is 1.83 bits per heavy atom. The van der Waals surface area contributed by atoms with Crippen LogP contribution in [0.15, 0.2) is 54.7 Å². The third kappa shape index (κ3) is 4.83. The van der Waals surface area contributed by atoms with Crippen LogP contribution in [0.5, 0.6) is 0 Å². The van der Waals surface area contributed by atoms with Crippen molar-refractivity contribution in [2.24, 2.45) is 0 Å². The molecule has 3 rings (SSSR count). The van der Waals surface area contributed by atoms with E-state index in [2.05, 4.69) is 5.32 Å². The Hall–Kier alpha value is -4.12. The number of amides is 1. The van der Waals surface area contributed by atoms with Gasteiger partial charge in [-0.2, -0.15) is 5.26 Å². The Morgan fingerprint density at radius 3 is 2.53 bits per heavy atom. The number of nitriles is 1. The molecule has 0 atom stereocenters. The monoisotopic (exact) mass is 405 g/mol. The second-order valence-electron chi connectivity index (χ2n) is 6.42. The number of hydrogen-bond acceptors (Lipinski definition) is 6. The lowest BCUT2D eigenvalue weighted by Crippen LogP contribution is -2.22. The van der Waals surface area contributed by atoms with Crippen molar-refractivity contribution >= 4 is 34.4 Å². The molecule has 0 unspecified atom stereocenters. The number of methoxy groups -OCH3 is 1. The first-order valence-corrected chi connectivity index (χ1v) is 9.09. The number of rotatable bonds is 7. The van der Waals surface area contributed by atoms with Crippen LogP contribution in [0.1, 0.15) is 15.9 Å². The van der Waals surface area contributed by atoms with Gasteiger partial charge < -0.3 is 19.4 Å². The second-order valence-corrected chi connectivity index (χ2v) is 6.42. The van der Waals surface area contributed by atoms with Gasteiger partial charge in [-0.15, -0.1) is 0 Å². The molecular weight excluding hydrogens is 386 g/mol. The van der Waals surface area contributed by atoms with Gasteiger partial charge in [-0.1, -0.05) is 30.3 Å². The van der Waals surface area contributed by atoms with Gasteiger partial charge in [0, 0.05) is 22.8 Å². The molecule has 1 amide bonds. The summed E-state index contributed by atoms with van der Waals surface area (Å²) in [5.74, 6) is -1.60. The summed E-state index contributed by atoms with van der Waals surface area (Å²) in [6.07, 6.45) is 1.82. The number of carbonyl (C=O) groups is 3. The maximum Gasteiger partial charge on any atom is 0.340 e. The fourth-order valence-corrected chi connectivity index (χ4v) is 2.98. The normalized spacial score (nSPS) is 10.3. The van der Waals surface area contributed by atoms with E-state index in [-0.39, 0.29) is 13.0 Å². The highest BCUT2D eigenvalue weighted by atomic mass is 16.5. The summed E-state index contributed by atoms with van der Waals surface area (Å²) in [5.41, 5.74) is 2.40. The van der Waals surface area contributed by atoms with Crippen LogP contribution < -0.4 is 5.32 Å². The molecule has 3 aromatic rings. The Labute approximate surface area is 172 Å². The van der Waals surface area contributed by atoms with Crippen LogP contribution in [0.3, 0.4) is 0 Å². The largest absolute Gasteiger partial charge is 0.465 e. The summed E-state index contributed by atoms with van der Waals surface area (Å²) >= 11 is 0. The first kappa shape index (κ1) is 20.6. The standard InChI is InChI=1S/C22H19N3O5/c1-29-22(28)18-12-25(19-5-3-2-4-17(18)19)13-21(27)30-14-20(26)24-16-8-6-15(7-9-16)10-11-23/h2-9,12H,10,13-14H2,1H3,(H,24,26). The third-order valence-electron chi connectivity index (χ3n) is 4.38. The number of carbonyl (C=O) groups excluding carboxylic acids is 3. The van der Waals surface area contributed by atoms with Crippen LogP contribution in [-0.4, -0.2) is 36.1 Å². The van der Waals surface area contributed by atoms with Crippen molar-refractivity contribution in [3.05, 3.63) is 65.9 Å². The predicted octanol–water partition coefficient (Wildman–Crippen LogP) is 2.68. The van der Waals surface area contributed by atoms with Gasteiger partial charge in [-0.3, -0.25) is 9.59 Å². The Morgan fingerprint density at radius 1 is 1.10 bits per heavy atom. The van der Waals surface area contributed by atoms with Crippen molar-refractivity contribution in [2.45, 2.75) is 13.0 Å². The van der Waals surface area contributed by atoms with E-state index in [1.54, 1.807) is 53.1 Å². The minimum Gasteiger partial charge on any atom is -0.465 e. The molecular formula is C22H19N3O5. The minimum absolute atomic E-state index is 0.159. The zero-order chi connectivity index (χ0) is 21.5. The fourth-order valence-electron chi connectivity index (χ4n) is 2.98. The number of hydrogen-bond donors (Lipinski definition) is 1. The van der Waals surface area contributed by atoms with E-state index in [9.17, 15) is 14.4 Å². The van der Waals surface area contributed by atoms with Crippen LogP contribution in [0.25, 0.3) is 10.9 Å². The first-order chi connectivity index (χ1) is 14.5. The van der Waals surface area contributed by atoms with Gasteiger partial charge in [0.25, 0.3) is 5.91 Å². The van der Waals surface area contributed by atoms with E-state index < -0.39 is 24.5 Å². The number of nitrogens with zero attached hydrogens (tertiary/aromatic N) is 2.